The number of fused-ring (bicyclic) bond motifs is 1. The minimum atomic E-state index is -0.274. The maximum atomic E-state index is 12.4. The molecule has 0 aliphatic carbocycles. The molecule has 2 aliphatic heterocycles. The first-order valence-electron chi connectivity index (χ1n) is 9.43. The number of rotatable bonds is 4. The molecule has 1 fully saturated rings. The summed E-state index contributed by atoms with van der Waals surface area (Å²) in [7, 11) is 0. The summed E-state index contributed by atoms with van der Waals surface area (Å²) in [6, 6.07) is 11.0. The highest BCUT2D eigenvalue weighted by molar-refractivity contribution is 5.92. The number of carbonyl (C=O) groups excluding carboxylic acids is 1. The molecule has 2 amide bonds. The van der Waals surface area contributed by atoms with Gasteiger partial charge in [0.15, 0.2) is 23.4 Å². The van der Waals surface area contributed by atoms with Crippen LogP contribution < -0.4 is 25.0 Å². The fraction of sp³-hybridized carbons (Fsp3) is 0.400. The summed E-state index contributed by atoms with van der Waals surface area (Å²) in [6.07, 6.45) is 5.10. The first-order valence-corrected chi connectivity index (χ1v) is 9.43. The number of nitrogens with zero attached hydrogens (tertiary/aromatic N) is 2. The van der Waals surface area contributed by atoms with Gasteiger partial charge in [-0.2, -0.15) is 0 Å². The number of para-hydroxylation sites is 2. The molecule has 1 aromatic carbocycles. The van der Waals surface area contributed by atoms with Crippen molar-refractivity contribution in [1.29, 1.82) is 0 Å². The fourth-order valence-corrected chi connectivity index (χ4v) is 3.39. The average molecular weight is 368 g/mol. The van der Waals surface area contributed by atoms with Crippen LogP contribution in [0.1, 0.15) is 19.3 Å². The van der Waals surface area contributed by atoms with Gasteiger partial charge in [0.2, 0.25) is 0 Å². The highest BCUT2D eigenvalue weighted by Gasteiger charge is 2.22. The molecule has 2 N–H and O–H groups in total. The molecule has 0 bridgehead atoms. The summed E-state index contributed by atoms with van der Waals surface area (Å²) in [5.41, 5.74) is 0.725. The number of anilines is 2. The van der Waals surface area contributed by atoms with Crippen molar-refractivity contribution >= 4 is 17.5 Å². The van der Waals surface area contributed by atoms with Crippen molar-refractivity contribution in [2.75, 3.05) is 36.5 Å². The molecule has 27 heavy (non-hydrogen) atoms. The lowest BCUT2D eigenvalue weighted by Crippen LogP contribution is -2.42. The number of urea groups is 1. The third-order valence-electron chi connectivity index (χ3n) is 4.75. The first-order chi connectivity index (χ1) is 13.3. The molecule has 1 atom stereocenters. The van der Waals surface area contributed by atoms with Crippen molar-refractivity contribution in [3.8, 4) is 11.5 Å². The van der Waals surface area contributed by atoms with Gasteiger partial charge in [-0.25, -0.2) is 9.78 Å². The number of carbonyl (C=O) groups is 1. The number of hydrogen-bond acceptors (Lipinski definition) is 5. The number of pyridine rings is 1. The molecular formula is C20H24N4O3. The molecule has 0 radical (unpaired) electrons. The van der Waals surface area contributed by atoms with Crippen LogP contribution in [0.3, 0.4) is 0 Å². The van der Waals surface area contributed by atoms with Gasteiger partial charge in [-0.1, -0.05) is 12.1 Å². The van der Waals surface area contributed by atoms with Crippen LogP contribution in [0.2, 0.25) is 0 Å². The number of hydrogen-bond donors (Lipinski definition) is 2. The molecular weight excluding hydrogens is 344 g/mol. The number of amides is 2. The Hall–Kier alpha value is -2.96. The number of piperidine rings is 1. The second-order valence-electron chi connectivity index (χ2n) is 6.75. The summed E-state index contributed by atoms with van der Waals surface area (Å²) in [5, 5.41) is 5.78. The molecule has 1 aromatic heterocycles. The summed E-state index contributed by atoms with van der Waals surface area (Å²) >= 11 is 0. The Kier molecular flexibility index (Phi) is 5.27. The normalized spacial score (nSPS) is 18.7. The summed E-state index contributed by atoms with van der Waals surface area (Å²) in [6.45, 7) is 2.71. The standard InChI is InChI=1S/C20H24N4O3/c25-20(22-13-15-14-26-17-8-2-3-9-18(17)27-15)23-16-7-6-10-21-19(16)24-11-4-1-5-12-24/h2-3,6-10,15H,1,4-5,11-14H2,(H2,22,23,25). The zero-order valence-electron chi connectivity index (χ0n) is 15.2. The van der Waals surface area contributed by atoms with Gasteiger partial charge in [0.05, 0.1) is 12.2 Å². The minimum Gasteiger partial charge on any atom is -0.486 e. The predicted octanol–water partition coefficient (Wildman–Crippen LogP) is 3.03. The van der Waals surface area contributed by atoms with E-state index >= 15 is 0 Å². The Bertz CT molecular complexity index is 792. The molecule has 1 unspecified atom stereocenters. The highest BCUT2D eigenvalue weighted by Crippen LogP contribution is 2.30. The molecule has 4 rings (SSSR count). The van der Waals surface area contributed by atoms with Gasteiger partial charge >= 0.3 is 6.03 Å². The molecule has 0 saturated carbocycles. The van der Waals surface area contributed by atoms with Crippen LogP contribution in [0.25, 0.3) is 0 Å². The summed E-state index contributed by atoms with van der Waals surface area (Å²) < 4.78 is 11.5. The van der Waals surface area contributed by atoms with E-state index in [1.54, 1.807) is 6.20 Å². The average Bonchev–Trinajstić information content (AvgIpc) is 2.73. The lowest BCUT2D eigenvalue weighted by atomic mass is 10.1. The van der Waals surface area contributed by atoms with E-state index in [0.717, 1.165) is 43.2 Å². The zero-order valence-corrected chi connectivity index (χ0v) is 15.2. The van der Waals surface area contributed by atoms with Gasteiger partial charge in [0.1, 0.15) is 6.61 Å². The minimum absolute atomic E-state index is 0.221. The van der Waals surface area contributed by atoms with E-state index < -0.39 is 0 Å². The quantitative estimate of drug-likeness (QED) is 0.868. The Labute approximate surface area is 158 Å². The molecule has 2 aromatic rings. The van der Waals surface area contributed by atoms with E-state index in [-0.39, 0.29) is 12.1 Å². The largest absolute Gasteiger partial charge is 0.486 e. The van der Waals surface area contributed by atoms with Crippen LogP contribution in [0.15, 0.2) is 42.6 Å². The monoisotopic (exact) mass is 368 g/mol. The Balaban J connectivity index is 1.32. The van der Waals surface area contributed by atoms with Crippen molar-refractivity contribution in [3.63, 3.8) is 0 Å². The van der Waals surface area contributed by atoms with Crippen molar-refractivity contribution in [2.45, 2.75) is 25.4 Å². The topological polar surface area (TPSA) is 75.7 Å². The van der Waals surface area contributed by atoms with Crippen molar-refractivity contribution < 1.29 is 14.3 Å². The lowest BCUT2D eigenvalue weighted by molar-refractivity contribution is 0.0922. The van der Waals surface area contributed by atoms with Crippen molar-refractivity contribution in [2.24, 2.45) is 0 Å². The predicted molar refractivity (Wildman–Crippen MR) is 104 cm³/mol. The molecule has 7 heteroatoms. The lowest BCUT2D eigenvalue weighted by Gasteiger charge is -2.29. The van der Waals surface area contributed by atoms with E-state index in [1.807, 2.05) is 36.4 Å². The van der Waals surface area contributed by atoms with E-state index in [0.29, 0.717) is 18.9 Å². The number of benzene rings is 1. The SMILES string of the molecule is O=C(NCC1COc2ccccc2O1)Nc1cccnc1N1CCCCC1. The third-order valence-corrected chi connectivity index (χ3v) is 4.75. The zero-order chi connectivity index (χ0) is 18.5. The Morgan fingerprint density at radius 1 is 1.11 bits per heavy atom. The van der Waals surface area contributed by atoms with E-state index in [9.17, 15) is 4.79 Å². The van der Waals surface area contributed by atoms with Crippen LogP contribution in [-0.2, 0) is 0 Å². The number of nitrogens with one attached hydrogen (secondary N) is 2. The van der Waals surface area contributed by atoms with Gasteiger partial charge in [-0.05, 0) is 43.5 Å². The van der Waals surface area contributed by atoms with Crippen LogP contribution in [0.4, 0.5) is 16.3 Å². The fourth-order valence-electron chi connectivity index (χ4n) is 3.39. The molecule has 3 heterocycles. The maximum absolute atomic E-state index is 12.4. The van der Waals surface area contributed by atoms with Crippen molar-refractivity contribution in [1.82, 2.24) is 10.3 Å². The number of ether oxygens (including phenoxy) is 2. The van der Waals surface area contributed by atoms with Gasteiger partial charge in [0.25, 0.3) is 0 Å². The molecule has 1 saturated heterocycles. The maximum Gasteiger partial charge on any atom is 0.319 e. The van der Waals surface area contributed by atoms with Gasteiger partial charge in [0, 0.05) is 19.3 Å². The van der Waals surface area contributed by atoms with E-state index in [2.05, 4.69) is 20.5 Å². The van der Waals surface area contributed by atoms with Crippen LogP contribution in [-0.4, -0.2) is 43.4 Å². The van der Waals surface area contributed by atoms with Gasteiger partial charge in [-0.15, -0.1) is 0 Å². The Morgan fingerprint density at radius 3 is 2.78 bits per heavy atom. The highest BCUT2D eigenvalue weighted by atomic mass is 16.6. The number of aromatic nitrogens is 1. The van der Waals surface area contributed by atoms with E-state index in [4.69, 9.17) is 9.47 Å². The van der Waals surface area contributed by atoms with Crippen LogP contribution in [0.5, 0.6) is 11.5 Å². The molecule has 142 valence electrons. The van der Waals surface area contributed by atoms with Crippen molar-refractivity contribution in [3.05, 3.63) is 42.6 Å². The summed E-state index contributed by atoms with van der Waals surface area (Å²) in [4.78, 5) is 19.1. The third kappa shape index (κ3) is 4.24. The van der Waals surface area contributed by atoms with Crippen LogP contribution in [0, 0.1) is 0 Å². The van der Waals surface area contributed by atoms with Crippen LogP contribution >= 0.6 is 0 Å². The summed E-state index contributed by atoms with van der Waals surface area (Å²) in [5.74, 6) is 2.27. The Morgan fingerprint density at radius 2 is 1.93 bits per heavy atom. The van der Waals surface area contributed by atoms with Gasteiger partial charge < -0.3 is 25.0 Å². The second kappa shape index (κ2) is 8.16. The molecule has 0 spiro atoms. The first kappa shape index (κ1) is 17.5. The smallest absolute Gasteiger partial charge is 0.319 e. The van der Waals surface area contributed by atoms with Gasteiger partial charge in [-0.3, -0.25) is 0 Å². The molecule has 7 nitrogen and oxygen atoms in total. The van der Waals surface area contributed by atoms with E-state index in [1.165, 1.54) is 6.42 Å². The second-order valence-corrected chi connectivity index (χ2v) is 6.75. The molecule has 2 aliphatic rings.